The molecule has 0 aliphatic rings. The molecule has 6 heteroatoms. The van der Waals surface area contributed by atoms with Crippen molar-refractivity contribution in [1.29, 1.82) is 10.5 Å². The van der Waals surface area contributed by atoms with Crippen molar-refractivity contribution in [3.05, 3.63) is 83.9 Å². The van der Waals surface area contributed by atoms with Gasteiger partial charge in [-0.25, -0.2) is 0 Å². The predicted molar refractivity (Wildman–Crippen MR) is 101 cm³/mol. The number of aromatic nitrogens is 2. The fourth-order valence-electron chi connectivity index (χ4n) is 2.62. The molecule has 0 amide bonds. The lowest BCUT2D eigenvalue weighted by molar-refractivity contribution is 0.482. The minimum Gasteiger partial charge on any atom is -0.457 e. The Hall–Kier alpha value is -4.42. The van der Waals surface area contributed by atoms with Gasteiger partial charge in [0.15, 0.2) is 0 Å². The topological polar surface area (TPSA) is 95.7 Å². The lowest BCUT2D eigenvalue weighted by atomic mass is 10.1. The molecule has 0 radical (unpaired) electrons. The minimum atomic E-state index is 0.274. The van der Waals surface area contributed by atoms with E-state index in [0.717, 1.165) is 11.1 Å². The lowest BCUT2D eigenvalue weighted by Gasteiger charge is -2.06. The molecule has 1 heterocycles. The first-order valence-corrected chi connectivity index (χ1v) is 8.38. The summed E-state index contributed by atoms with van der Waals surface area (Å²) in [6.07, 6.45) is 0. The number of ether oxygens (including phenoxy) is 1. The molecular formula is C22H12N4O2. The normalized spacial score (nSPS) is 10.1. The SMILES string of the molecule is N#Cc1ccc(Oc2ccc(-c3nnc(-c4ccccc4)o3)cc2)cc1C#N. The average molecular weight is 364 g/mol. The van der Waals surface area contributed by atoms with E-state index in [2.05, 4.69) is 10.2 Å². The molecule has 1 aromatic heterocycles. The molecule has 3 aromatic carbocycles. The van der Waals surface area contributed by atoms with E-state index >= 15 is 0 Å². The molecule has 0 N–H and O–H groups in total. The molecular weight excluding hydrogens is 352 g/mol. The second-order valence-electron chi connectivity index (χ2n) is 5.84. The van der Waals surface area contributed by atoms with Crippen molar-refractivity contribution >= 4 is 0 Å². The van der Waals surface area contributed by atoms with Crippen molar-refractivity contribution in [2.75, 3.05) is 0 Å². The van der Waals surface area contributed by atoms with Gasteiger partial charge in [-0.2, -0.15) is 10.5 Å². The summed E-state index contributed by atoms with van der Waals surface area (Å²) >= 11 is 0. The fraction of sp³-hybridized carbons (Fsp3) is 0. The van der Waals surface area contributed by atoms with Crippen molar-refractivity contribution in [2.24, 2.45) is 0 Å². The van der Waals surface area contributed by atoms with E-state index in [1.807, 2.05) is 54.6 Å². The second kappa shape index (κ2) is 7.45. The van der Waals surface area contributed by atoms with E-state index in [9.17, 15) is 0 Å². The zero-order valence-electron chi connectivity index (χ0n) is 14.5. The van der Waals surface area contributed by atoms with Crippen LogP contribution < -0.4 is 4.74 Å². The third-order valence-electron chi connectivity index (χ3n) is 4.01. The van der Waals surface area contributed by atoms with E-state index < -0.39 is 0 Å². The summed E-state index contributed by atoms with van der Waals surface area (Å²) in [5.74, 6) is 1.93. The van der Waals surface area contributed by atoms with E-state index in [-0.39, 0.29) is 5.56 Å². The zero-order valence-corrected chi connectivity index (χ0v) is 14.5. The number of hydrogen-bond acceptors (Lipinski definition) is 6. The Kier molecular flexibility index (Phi) is 4.53. The minimum absolute atomic E-state index is 0.274. The molecule has 0 saturated heterocycles. The predicted octanol–water partition coefficient (Wildman–Crippen LogP) is 4.94. The van der Waals surface area contributed by atoms with E-state index in [0.29, 0.717) is 28.8 Å². The van der Waals surface area contributed by atoms with Crippen LogP contribution in [0.25, 0.3) is 22.9 Å². The average Bonchev–Trinajstić information content (AvgIpc) is 3.25. The number of nitriles is 2. The Morgan fingerprint density at radius 1 is 0.679 bits per heavy atom. The number of rotatable bonds is 4. The van der Waals surface area contributed by atoms with Crippen molar-refractivity contribution in [2.45, 2.75) is 0 Å². The van der Waals surface area contributed by atoms with Gasteiger partial charge in [0.05, 0.1) is 11.1 Å². The molecule has 4 rings (SSSR count). The first kappa shape index (κ1) is 17.0. The summed E-state index contributed by atoms with van der Waals surface area (Å²) in [6.45, 7) is 0. The van der Waals surface area contributed by atoms with E-state index in [1.165, 1.54) is 6.07 Å². The van der Waals surface area contributed by atoms with Crippen LogP contribution in [0.4, 0.5) is 0 Å². The van der Waals surface area contributed by atoms with Crippen molar-refractivity contribution in [3.63, 3.8) is 0 Å². The summed E-state index contributed by atoms with van der Waals surface area (Å²) in [6, 6.07) is 25.4. The van der Waals surface area contributed by atoms with Crippen LogP contribution in [-0.4, -0.2) is 10.2 Å². The highest BCUT2D eigenvalue weighted by Crippen LogP contribution is 2.28. The van der Waals surface area contributed by atoms with E-state index in [1.54, 1.807) is 24.3 Å². The van der Waals surface area contributed by atoms with Gasteiger partial charge in [0.25, 0.3) is 0 Å². The van der Waals surface area contributed by atoms with Crippen LogP contribution in [0.15, 0.2) is 77.2 Å². The van der Waals surface area contributed by atoms with Crippen LogP contribution >= 0.6 is 0 Å². The van der Waals surface area contributed by atoms with Gasteiger partial charge in [-0.05, 0) is 54.6 Å². The molecule has 0 spiro atoms. The van der Waals surface area contributed by atoms with E-state index in [4.69, 9.17) is 19.7 Å². The molecule has 4 aromatic rings. The summed E-state index contributed by atoms with van der Waals surface area (Å²) in [7, 11) is 0. The molecule has 0 aliphatic carbocycles. The molecule has 0 aliphatic heterocycles. The van der Waals surface area contributed by atoms with Gasteiger partial charge in [-0.1, -0.05) is 18.2 Å². The third-order valence-corrected chi connectivity index (χ3v) is 4.01. The number of benzene rings is 3. The first-order chi connectivity index (χ1) is 13.8. The first-order valence-electron chi connectivity index (χ1n) is 8.38. The van der Waals surface area contributed by atoms with Gasteiger partial charge in [0.1, 0.15) is 23.6 Å². The van der Waals surface area contributed by atoms with Crippen molar-refractivity contribution < 1.29 is 9.15 Å². The maximum Gasteiger partial charge on any atom is 0.248 e. The lowest BCUT2D eigenvalue weighted by Crippen LogP contribution is -1.88. The van der Waals surface area contributed by atoms with Crippen LogP contribution in [0, 0.1) is 22.7 Å². The van der Waals surface area contributed by atoms with Gasteiger partial charge < -0.3 is 9.15 Å². The molecule has 0 unspecified atom stereocenters. The summed E-state index contributed by atoms with van der Waals surface area (Å²) in [5, 5.41) is 26.3. The second-order valence-corrected chi connectivity index (χ2v) is 5.84. The molecule has 0 fully saturated rings. The molecule has 132 valence electrons. The van der Waals surface area contributed by atoms with Gasteiger partial charge >= 0.3 is 0 Å². The largest absolute Gasteiger partial charge is 0.457 e. The Balaban J connectivity index is 1.53. The quantitative estimate of drug-likeness (QED) is 0.509. The molecule has 0 saturated carbocycles. The number of hydrogen-bond donors (Lipinski definition) is 0. The standard InChI is InChI=1S/C22H12N4O2/c23-13-17-8-11-20(12-18(17)14-24)27-19-9-6-16(7-10-19)22-26-25-21(28-22)15-4-2-1-3-5-15/h1-12H. The van der Waals surface area contributed by atoms with Crippen molar-refractivity contribution in [1.82, 2.24) is 10.2 Å². The fourth-order valence-corrected chi connectivity index (χ4v) is 2.62. The van der Waals surface area contributed by atoms with Gasteiger partial charge in [-0.15, -0.1) is 10.2 Å². The molecule has 6 nitrogen and oxygen atoms in total. The summed E-state index contributed by atoms with van der Waals surface area (Å²) < 4.78 is 11.5. The van der Waals surface area contributed by atoms with Gasteiger partial charge in [-0.3, -0.25) is 0 Å². The maximum atomic E-state index is 9.11. The molecule has 0 atom stereocenters. The van der Waals surface area contributed by atoms with Crippen LogP contribution in [-0.2, 0) is 0 Å². The van der Waals surface area contributed by atoms with Crippen molar-refractivity contribution in [3.8, 4) is 46.5 Å². The highest BCUT2D eigenvalue weighted by Gasteiger charge is 2.11. The third kappa shape index (κ3) is 3.44. The summed E-state index contributed by atoms with van der Waals surface area (Å²) in [5.41, 5.74) is 2.21. The van der Waals surface area contributed by atoms with Crippen LogP contribution in [0.5, 0.6) is 11.5 Å². The highest BCUT2D eigenvalue weighted by atomic mass is 16.5. The Morgan fingerprint density at radius 3 is 1.93 bits per heavy atom. The number of nitrogens with zero attached hydrogens (tertiary/aromatic N) is 4. The maximum absolute atomic E-state index is 9.11. The molecule has 0 bridgehead atoms. The highest BCUT2D eigenvalue weighted by molar-refractivity contribution is 5.58. The Bertz CT molecular complexity index is 1200. The smallest absolute Gasteiger partial charge is 0.248 e. The van der Waals surface area contributed by atoms with Crippen LogP contribution in [0.3, 0.4) is 0 Å². The Labute approximate surface area is 160 Å². The van der Waals surface area contributed by atoms with Gasteiger partial charge in [0, 0.05) is 11.1 Å². The zero-order chi connectivity index (χ0) is 19.3. The molecule has 28 heavy (non-hydrogen) atoms. The summed E-state index contributed by atoms with van der Waals surface area (Å²) in [4.78, 5) is 0. The van der Waals surface area contributed by atoms with Gasteiger partial charge in [0.2, 0.25) is 11.8 Å². The Morgan fingerprint density at radius 2 is 1.29 bits per heavy atom. The van der Waals surface area contributed by atoms with Crippen LogP contribution in [0.2, 0.25) is 0 Å². The monoisotopic (exact) mass is 364 g/mol. The van der Waals surface area contributed by atoms with Crippen LogP contribution in [0.1, 0.15) is 11.1 Å².